The normalized spacial score (nSPS) is 17.9. The first-order valence-electron chi connectivity index (χ1n) is 9.77. The number of carboxylic acid groups (broad SMARTS) is 1. The molecule has 154 valence electrons. The minimum atomic E-state index is -0.810. The number of hydrogen-bond donors (Lipinski definition) is 2. The molecule has 0 radical (unpaired) electrons. The number of carbonyl (C=O) groups excluding carboxylic acids is 2. The second-order valence-electron chi connectivity index (χ2n) is 7.65. The van der Waals surface area contributed by atoms with Gasteiger partial charge in [-0.15, -0.1) is 0 Å². The summed E-state index contributed by atoms with van der Waals surface area (Å²) in [5.41, 5.74) is 0.470. The van der Waals surface area contributed by atoms with E-state index in [1.165, 1.54) is 0 Å². The minimum Gasteiger partial charge on any atom is -0.497 e. The van der Waals surface area contributed by atoms with Crippen LogP contribution in [0.15, 0.2) is 24.3 Å². The fourth-order valence-electron chi connectivity index (χ4n) is 3.51. The van der Waals surface area contributed by atoms with Gasteiger partial charge in [-0.25, -0.2) is 0 Å². The summed E-state index contributed by atoms with van der Waals surface area (Å²) in [7, 11) is 1.56. The Balaban J connectivity index is 2.02. The van der Waals surface area contributed by atoms with Gasteiger partial charge in [0, 0.05) is 25.1 Å². The molecule has 1 saturated heterocycles. The maximum absolute atomic E-state index is 13.1. The van der Waals surface area contributed by atoms with Gasteiger partial charge in [-0.3, -0.25) is 14.4 Å². The molecule has 1 aliphatic heterocycles. The van der Waals surface area contributed by atoms with Crippen LogP contribution >= 0.6 is 0 Å². The molecule has 2 atom stereocenters. The number of carboxylic acids is 1. The van der Waals surface area contributed by atoms with Gasteiger partial charge in [0.1, 0.15) is 11.8 Å². The molecule has 1 aliphatic rings. The number of nitrogens with zero attached hydrogens (tertiary/aromatic N) is 1. The van der Waals surface area contributed by atoms with E-state index in [-0.39, 0.29) is 30.1 Å². The lowest BCUT2D eigenvalue weighted by Crippen LogP contribution is -2.53. The zero-order valence-electron chi connectivity index (χ0n) is 16.8. The maximum atomic E-state index is 13.1. The molecule has 0 bridgehead atoms. The Hall–Kier alpha value is -2.57. The molecule has 0 aliphatic carbocycles. The zero-order chi connectivity index (χ0) is 20.7. The van der Waals surface area contributed by atoms with Crippen LogP contribution in [0.4, 0.5) is 0 Å². The molecule has 1 aromatic carbocycles. The average Bonchev–Trinajstić information content (AvgIpc) is 2.69. The van der Waals surface area contributed by atoms with Crippen LogP contribution in [-0.2, 0) is 9.59 Å². The first-order chi connectivity index (χ1) is 13.3. The molecule has 1 aromatic rings. The number of benzene rings is 1. The van der Waals surface area contributed by atoms with Crippen molar-refractivity contribution in [2.75, 3.05) is 20.2 Å². The Kier molecular flexibility index (Phi) is 7.84. The van der Waals surface area contributed by atoms with Gasteiger partial charge in [0.05, 0.1) is 7.11 Å². The van der Waals surface area contributed by atoms with Crippen molar-refractivity contribution in [3.8, 4) is 5.75 Å². The molecule has 28 heavy (non-hydrogen) atoms. The smallest absolute Gasteiger partial charge is 0.303 e. The number of amides is 2. The van der Waals surface area contributed by atoms with Gasteiger partial charge in [0.15, 0.2) is 0 Å². The fraction of sp³-hybridized carbons (Fsp3) is 0.571. The number of likely N-dealkylation sites (tertiary alicyclic amines) is 1. The van der Waals surface area contributed by atoms with Crippen molar-refractivity contribution < 1.29 is 24.2 Å². The van der Waals surface area contributed by atoms with E-state index in [2.05, 4.69) is 5.32 Å². The Morgan fingerprint density at radius 3 is 2.50 bits per heavy atom. The second-order valence-corrected chi connectivity index (χ2v) is 7.65. The summed E-state index contributed by atoms with van der Waals surface area (Å²) >= 11 is 0. The molecule has 1 fully saturated rings. The molecule has 2 rings (SSSR count). The highest BCUT2D eigenvalue weighted by Gasteiger charge is 2.32. The Labute approximate surface area is 166 Å². The van der Waals surface area contributed by atoms with Crippen LogP contribution < -0.4 is 10.1 Å². The van der Waals surface area contributed by atoms with Crippen molar-refractivity contribution in [2.45, 2.75) is 45.6 Å². The Bertz CT molecular complexity index is 687. The van der Waals surface area contributed by atoms with Crippen LogP contribution in [0.25, 0.3) is 0 Å². The van der Waals surface area contributed by atoms with Gasteiger partial charge in [0.25, 0.3) is 5.91 Å². The fourth-order valence-corrected chi connectivity index (χ4v) is 3.51. The molecular weight excluding hydrogens is 360 g/mol. The number of rotatable bonds is 8. The number of hydrogen-bond acceptors (Lipinski definition) is 4. The lowest BCUT2D eigenvalue weighted by atomic mass is 9.92. The van der Waals surface area contributed by atoms with Crippen molar-refractivity contribution in [1.29, 1.82) is 0 Å². The zero-order valence-corrected chi connectivity index (χ0v) is 16.8. The van der Waals surface area contributed by atoms with Gasteiger partial charge in [0.2, 0.25) is 5.91 Å². The highest BCUT2D eigenvalue weighted by Crippen LogP contribution is 2.22. The molecule has 0 aromatic heterocycles. The molecule has 0 spiro atoms. The van der Waals surface area contributed by atoms with E-state index in [0.717, 1.165) is 12.8 Å². The molecule has 2 amide bonds. The third kappa shape index (κ3) is 5.97. The minimum absolute atomic E-state index is 0.0610. The van der Waals surface area contributed by atoms with Gasteiger partial charge in [-0.2, -0.15) is 0 Å². The summed E-state index contributed by atoms with van der Waals surface area (Å²) in [5, 5.41) is 11.8. The lowest BCUT2D eigenvalue weighted by molar-refractivity contribution is -0.137. The number of aliphatic carboxylic acids is 1. The highest BCUT2D eigenvalue weighted by molar-refractivity contribution is 5.97. The molecular formula is C21H30N2O5. The van der Waals surface area contributed by atoms with Crippen molar-refractivity contribution in [3.05, 3.63) is 29.8 Å². The molecule has 2 N–H and O–H groups in total. The van der Waals surface area contributed by atoms with Crippen LogP contribution in [0.3, 0.4) is 0 Å². The van der Waals surface area contributed by atoms with E-state index in [4.69, 9.17) is 9.84 Å². The average molecular weight is 390 g/mol. The van der Waals surface area contributed by atoms with Crippen LogP contribution in [0.2, 0.25) is 0 Å². The van der Waals surface area contributed by atoms with Crippen LogP contribution in [-0.4, -0.2) is 54.0 Å². The molecule has 1 heterocycles. The van der Waals surface area contributed by atoms with Crippen LogP contribution in [0.5, 0.6) is 5.75 Å². The van der Waals surface area contributed by atoms with Crippen molar-refractivity contribution in [1.82, 2.24) is 10.2 Å². The van der Waals surface area contributed by atoms with E-state index >= 15 is 0 Å². The summed E-state index contributed by atoms with van der Waals surface area (Å²) in [4.78, 5) is 38.3. The first-order valence-corrected chi connectivity index (χ1v) is 9.77. The van der Waals surface area contributed by atoms with Crippen LogP contribution in [0.1, 0.15) is 49.9 Å². The largest absolute Gasteiger partial charge is 0.497 e. The summed E-state index contributed by atoms with van der Waals surface area (Å²) in [6, 6.07) is 6.13. The predicted molar refractivity (Wildman–Crippen MR) is 105 cm³/mol. The van der Waals surface area contributed by atoms with E-state index in [1.54, 1.807) is 36.3 Å². The third-order valence-electron chi connectivity index (χ3n) is 5.17. The predicted octanol–water partition coefficient (Wildman–Crippen LogP) is 2.55. The lowest BCUT2D eigenvalue weighted by Gasteiger charge is -2.36. The second kappa shape index (κ2) is 10.1. The quantitative estimate of drug-likeness (QED) is 0.711. The monoisotopic (exact) mass is 390 g/mol. The van der Waals surface area contributed by atoms with Gasteiger partial charge in [-0.05, 0) is 55.4 Å². The topological polar surface area (TPSA) is 95.9 Å². The van der Waals surface area contributed by atoms with Gasteiger partial charge < -0.3 is 20.1 Å². The maximum Gasteiger partial charge on any atom is 0.303 e. The summed E-state index contributed by atoms with van der Waals surface area (Å²) in [5.74, 6) is -0.414. The number of carbonyl (C=O) groups is 3. The van der Waals surface area contributed by atoms with Crippen molar-refractivity contribution in [3.63, 3.8) is 0 Å². The third-order valence-corrected chi connectivity index (χ3v) is 5.17. The number of piperidine rings is 1. The van der Waals surface area contributed by atoms with E-state index in [9.17, 15) is 14.4 Å². The Morgan fingerprint density at radius 1 is 1.25 bits per heavy atom. The first kappa shape index (κ1) is 21.7. The highest BCUT2D eigenvalue weighted by atomic mass is 16.5. The standard InChI is InChI=1S/C21H30N2O5/c1-14(2)19(22-20(26)16-7-9-17(28-3)10-8-16)21(27)23-12-4-5-15(13-23)6-11-18(24)25/h7-10,14-15,19H,4-6,11-13H2,1-3H3,(H,22,26)(H,24,25). The van der Waals surface area contributed by atoms with E-state index in [0.29, 0.717) is 30.8 Å². The molecule has 2 unspecified atom stereocenters. The van der Waals surface area contributed by atoms with Crippen molar-refractivity contribution >= 4 is 17.8 Å². The molecule has 7 heteroatoms. The Morgan fingerprint density at radius 2 is 1.93 bits per heavy atom. The SMILES string of the molecule is COc1ccc(C(=O)NC(C(=O)N2CCCC(CCC(=O)O)C2)C(C)C)cc1. The van der Waals surface area contributed by atoms with Crippen LogP contribution in [0, 0.1) is 11.8 Å². The number of nitrogens with one attached hydrogen (secondary N) is 1. The van der Waals surface area contributed by atoms with Gasteiger partial charge >= 0.3 is 5.97 Å². The summed E-state index contributed by atoms with van der Waals surface area (Å²) < 4.78 is 5.10. The summed E-state index contributed by atoms with van der Waals surface area (Å²) in [6.45, 7) is 5.00. The number of methoxy groups -OCH3 is 1. The molecule has 7 nitrogen and oxygen atoms in total. The number of ether oxygens (including phenoxy) is 1. The molecule has 0 saturated carbocycles. The summed E-state index contributed by atoms with van der Waals surface area (Å²) in [6.07, 6.45) is 2.48. The van der Waals surface area contributed by atoms with Gasteiger partial charge in [-0.1, -0.05) is 13.8 Å². The van der Waals surface area contributed by atoms with Crippen molar-refractivity contribution in [2.24, 2.45) is 11.8 Å². The van der Waals surface area contributed by atoms with E-state index in [1.807, 2.05) is 13.8 Å². The van der Waals surface area contributed by atoms with E-state index < -0.39 is 12.0 Å².